The van der Waals surface area contributed by atoms with Gasteiger partial charge in [0.1, 0.15) is 0 Å². The monoisotopic (exact) mass is 353 g/mol. The lowest BCUT2D eigenvalue weighted by atomic mass is 10.3. The van der Waals surface area contributed by atoms with E-state index in [1.54, 1.807) is 48.8 Å². The van der Waals surface area contributed by atoms with Crippen molar-refractivity contribution in [3.8, 4) is 0 Å². The molecule has 1 heterocycles. The Kier molecular flexibility index (Phi) is 5.70. The maximum Gasteiger partial charge on any atom is 0.239 e. The van der Waals surface area contributed by atoms with Crippen molar-refractivity contribution in [1.29, 1.82) is 0 Å². The lowest BCUT2D eigenvalue weighted by Crippen LogP contribution is -2.36. The zero-order valence-corrected chi connectivity index (χ0v) is 14.0. The van der Waals surface area contributed by atoms with Crippen molar-refractivity contribution in [3.63, 3.8) is 0 Å². The number of halogens is 1. The molecule has 2 aromatic rings. The van der Waals surface area contributed by atoms with Crippen LogP contribution in [0.3, 0.4) is 0 Å². The Hall–Kier alpha value is -1.96. The summed E-state index contributed by atoms with van der Waals surface area (Å²) in [6, 6.07) is 9.98. The van der Waals surface area contributed by atoms with E-state index in [0.717, 1.165) is 16.1 Å². The summed E-state index contributed by atoms with van der Waals surface area (Å²) in [5.74, 6) is -0.424. The highest BCUT2D eigenvalue weighted by molar-refractivity contribution is 7.88. The molecule has 0 aliphatic heterocycles. The zero-order chi connectivity index (χ0) is 16.9. The van der Waals surface area contributed by atoms with Gasteiger partial charge >= 0.3 is 0 Å². The van der Waals surface area contributed by atoms with Gasteiger partial charge in [0.2, 0.25) is 15.9 Å². The fraction of sp³-hybridized carbons (Fsp3) is 0.200. The minimum atomic E-state index is -3.53. The van der Waals surface area contributed by atoms with Gasteiger partial charge in [-0.15, -0.1) is 0 Å². The van der Waals surface area contributed by atoms with Crippen LogP contribution in [-0.4, -0.2) is 36.4 Å². The molecule has 1 N–H and O–H groups in total. The lowest BCUT2D eigenvalue weighted by molar-refractivity contribution is -0.116. The first-order chi connectivity index (χ1) is 10.8. The van der Waals surface area contributed by atoms with Gasteiger partial charge in [-0.05, 0) is 42.0 Å². The van der Waals surface area contributed by atoms with Gasteiger partial charge in [0.15, 0.2) is 0 Å². The van der Waals surface area contributed by atoms with Gasteiger partial charge in [-0.25, -0.2) is 8.42 Å². The van der Waals surface area contributed by atoms with Gasteiger partial charge in [0.25, 0.3) is 0 Å². The molecule has 0 aliphatic rings. The largest absolute Gasteiger partial charge is 0.325 e. The number of nitrogens with one attached hydrogen (secondary N) is 1. The summed E-state index contributed by atoms with van der Waals surface area (Å²) < 4.78 is 24.9. The Morgan fingerprint density at radius 1 is 1.17 bits per heavy atom. The molecule has 0 saturated heterocycles. The Bertz CT molecular complexity index is 764. The fourth-order valence-electron chi connectivity index (χ4n) is 1.88. The van der Waals surface area contributed by atoms with Crippen LogP contribution in [0.1, 0.15) is 5.56 Å². The third-order valence-corrected chi connectivity index (χ3v) is 4.47. The van der Waals surface area contributed by atoms with Crippen molar-refractivity contribution in [1.82, 2.24) is 9.29 Å². The predicted molar refractivity (Wildman–Crippen MR) is 89.6 cm³/mol. The van der Waals surface area contributed by atoms with Gasteiger partial charge in [-0.3, -0.25) is 9.78 Å². The molecule has 122 valence electrons. The molecule has 0 aliphatic carbocycles. The number of benzene rings is 1. The number of carbonyl (C=O) groups is 1. The standard InChI is InChI=1S/C15H16ClN3O3S/c1-23(21,22)19(10-12-6-8-17-9-7-12)11-15(20)18-14-4-2-13(16)3-5-14/h2-9H,10-11H2,1H3,(H,18,20). The first-order valence-corrected chi connectivity index (χ1v) is 8.96. The van der Waals surface area contributed by atoms with Gasteiger partial charge in [-0.2, -0.15) is 4.31 Å². The maximum absolute atomic E-state index is 12.1. The minimum Gasteiger partial charge on any atom is -0.325 e. The second-order valence-corrected chi connectivity index (χ2v) is 7.36. The summed E-state index contributed by atoms with van der Waals surface area (Å²) in [6.45, 7) is -0.167. The van der Waals surface area contributed by atoms with Crippen LogP contribution in [0.5, 0.6) is 0 Å². The lowest BCUT2D eigenvalue weighted by Gasteiger charge is -2.19. The molecule has 0 unspecified atom stereocenters. The number of pyridine rings is 1. The van der Waals surface area contributed by atoms with Gasteiger partial charge < -0.3 is 5.32 Å². The molecule has 0 fully saturated rings. The predicted octanol–water partition coefficient (Wildman–Crippen LogP) is 2.14. The third kappa shape index (κ3) is 5.63. The van der Waals surface area contributed by atoms with Crippen LogP contribution in [0, 0.1) is 0 Å². The first-order valence-electron chi connectivity index (χ1n) is 6.74. The second kappa shape index (κ2) is 7.54. The third-order valence-electron chi connectivity index (χ3n) is 3.03. The van der Waals surface area contributed by atoms with Crippen LogP contribution in [0.4, 0.5) is 5.69 Å². The van der Waals surface area contributed by atoms with Crippen molar-refractivity contribution >= 4 is 33.2 Å². The van der Waals surface area contributed by atoms with E-state index in [1.807, 2.05) is 0 Å². The Balaban J connectivity index is 2.05. The molecule has 0 radical (unpaired) electrons. The molecule has 6 nitrogen and oxygen atoms in total. The van der Waals surface area contributed by atoms with Crippen LogP contribution in [0.2, 0.25) is 5.02 Å². The molecular weight excluding hydrogens is 338 g/mol. The van der Waals surface area contributed by atoms with Gasteiger partial charge in [0, 0.05) is 29.6 Å². The summed E-state index contributed by atoms with van der Waals surface area (Å²) in [7, 11) is -3.53. The van der Waals surface area contributed by atoms with Gasteiger partial charge in [0.05, 0.1) is 12.8 Å². The smallest absolute Gasteiger partial charge is 0.239 e. The summed E-state index contributed by atoms with van der Waals surface area (Å²) in [4.78, 5) is 16.0. The number of sulfonamides is 1. The van der Waals surface area contributed by atoms with Crippen molar-refractivity contribution in [2.45, 2.75) is 6.54 Å². The maximum atomic E-state index is 12.1. The van der Waals surface area contributed by atoms with E-state index in [-0.39, 0.29) is 13.1 Å². The molecular formula is C15H16ClN3O3S. The molecule has 0 saturated carbocycles. The van der Waals surface area contributed by atoms with E-state index in [1.165, 1.54) is 0 Å². The van der Waals surface area contributed by atoms with E-state index in [4.69, 9.17) is 11.6 Å². The van der Waals surface area contributed by atoms with E-state index in [9.17, 15) is 13.2 Å². The van der Waals surface area contributed by atoms with Crippen molar-refractivity contribution < 1.29 is 13.2 Å². The van der Waals surface area contributed by atoms with Crippen LogP contribution >= 0.6 is 11.6 Å². The molecule has 1 aromatic heterocycles. The number of nitrogens with zero attached hydrogens (tertiary/aromatic N) is 2. The van der Waals surface area contributed by atoms with Crippen molar-refractivity contribution in [2.75, 3.05) is 18.1 Å². The summed E-state index contributed by atoms with van der Waals surface area (Å²) in [5.41, 5.74) is 1.31. The van der Waals surface area contributed by atoms with Crippen LogP contribution in [0.15, 0.2) is 48.8 Å². The van der Waals surface area contributed by atoms with E-state index in [2.05, 4.69) is 10.3 Å². The minimum absolute atomic E-state index is 0.107. The van der Waals surface area contributed by atoms with Gasteiger partial charge in [-0.1, -0.05) is 11.6 Å². The van der Waals surface area contributed by atoms with E-state index < -0.39 is 15.9 Å². The Morgan fingerprint density at radius 3 is 2.35 bits per heavy atom. The summed E-state index contributed by atoms with van der Waals surface area (Å²) >= 11 is 5.78. The normalized spacial score (nSPS) is 11.4. The fourth-order valence-corrected chi connectivity index (χ4v) is 2.74. The summed E-state index contributed by atoms with van der Waals surface area (Å²) in [6.07, 6.45) is 4.22. The van der Waals surface area contributed by atoms with Crippen LogP contribution < -0.4 is 5.32 Å². The zero-order valence-electron chi connectivity index (χ0n) is 12.4. The number of rotatable bonds is 6. The molecule has 0 atom stereocenters. The number of hydrogen-bond donors (Lipinski definition) is 1. The Morgan fingerprint density at radius 2 is 1.78 bits per heavy atom. The quantitative estimate of drug-likeness (QED) is 0.862. The number of anilines is 1. The van der Waals surface area contributed by atoms with E-state index >= 15 is 0 Å². The van der Waals surface area contributed by atoms with Crippen molar-refractivity contribution in [3.05, 3.63) is 59.4 Å². The average molecular weight is 354 g/mol. The SMILES string of the molecule is CS(=O)(=O)N(CC(=O)Nc1ccc(Cl)cc1)Cc1ccncc1. The molecule has 0 spiro atoms. The number of carbonyl (C=O) groups excluding carboxylic acids is 1. The average Bonchev–Trinajstić information content (AvgIpc) is 2.49. The number of aromatic nitrogens is 1. The molecule has 1 amide bonds. The molecule has 2 rings (SSSR count). The first kappa shape index (κ1) is 17.4. The highest BCUT2D eigenvalue weighted by Gasteiger charge is 2.20. The Labute approximate surface area is 140 Å². The number of hydrogen-bond acceptors (Lipinski definition) is 4. The van der Waals surface area contributed by atoms with E-state index in [0.29, 0.717) is 10.7 Å². The molecule has 23 heavy (non-hydrogen) atoms. The highest BCUT2D eigenvalue weighted by Crippen LogP contribution is 2.14. The van der Waals surface area contributed by atoms with Crippen LogP contribution in [-0.2, 0) is 21.4 Å². The molecule has 8 heteroatoms. The second-order valence-electron chi connectivity index (χ2n) is 4.94. The highest BCUT2D eigenvalue weighted by atomic mass is 35.5. The van der Waals surface area contributed by atoms with Crippen LogP contribution in [0.25, 0.3) is 0 Å². The molecule has 1 aromatic carbocycles. The topological polar surface area (TPSA) is 79.4 Å². The summed E-state index contributed by atoms with van der Waals surface area (Å²) in [5, 5.41) is 3.20. The molecule has 0 bridgehead atoms. The number of amides is 1. The van der Waals surface area contributed by atoms with Crippen molar-refractivity contribution in [2.24, 2.45) is 0 Å².